The highest BCUT2D eigenvalue weighted by atomic mass is 16.5. The number of fused-ring (bicyclic) bond motifs is 3. The molecule has 0 N–H and O–H groups in total. The Morgan fingerprint density at radius 1 is 0.509 bits per heavy atom. The maximum absolute atomic E-state index is 6.62. The van der Waals surface area contributed by atoms with Gasteiger partial charge in [-0.2, -0.15) is 5.10 Å². The Bertz CT molecular complexity index is 2770. The Hall–Kier alpha value is -7.12. The smallest absolute Gasteiger partial charge is 0.142 e. The standard InChI is InChI=1S/C48H38N4O3/c1-31-21-22-49-45(25-31)52-43-18-12-11-17-41(43)42-20-19-39(28-44(42)52)53-40-24-32(2)23-36(27-40)51-30-35(29-50-51)46-47(54-37-13-7-5-8-14-37)33(3)26-34(4)48(46)55-38-15-9-6-10-16-38/h5-30H,1-4H3. The molecule has 268 valence electrons. The number of aryl methyl sites for hydroxylation is 4. The van der Waals surface area contributed by atoms with Crippen molar-refractivity contribution in [1.29, 1.82) is 0 Å². The van der Waals surface area contributed by atoms with Crippen molar-refractivity contribution < 1.29 is 14.2 Å². The molecule has 0 radical (unpaired) electrons. The molecule has 7 nitrogen and oxygen atoms in total. The third-order valence-corrected chi connectivity index (χ3v) is 9.71. The zero-order chi connectivity index (χ0) is 37.5. The van der Waals surface area contributed by atoms with E-state index in [1.807, 2.05) is 108 Å². The zero-order valence-corrected chi connectivity index (χ0v) is 31.0. The van der Waals surface area contributed by atoms with E-state index in [0.29, 0.717) is 17.2 Å². The van der Waals surface area contributed by atoms with Crippen LogP contribution < -0.4 is 14.2 Å². The van der Waals surface area contributed by atoms with Crippen molar-refractivity contribution in [1.82, 2.24) is 19.3 Å². The molecule has 0 atom stereocenters. The maximum atomic E-state index is 6.62. The van der Waals surface area contributed by atoms with Gasteiger partial charge < -0.3 is 14.2 Å². The molecule has 3 heterocycles. The van der Waals surface area contributed by atoms with Crippen LogP contribution in [0.5, 0.6) is 34.5 Å². The second kappa shape index (κ2) is 14.0. The van der Waals surface area contributed by atoms with E-state index in [9.17, 15) is 0 Å². The fourth-order valence-electron chi connectivity index (χ4n) is 7.24. The maximum Gasteiger partial charge on any atom is 0.142 e. The van der Waals surface area contributed by atoms with Crippen LogP contribution in [0.1, 0.15) is 22.3 Å². The lowest BCUT2D eigenvalue weighted by atomic mass is 9.99. The normalized spacial score (nSPS) is 11.3. The molecule has 0 spiro atoms. The van der Waals surface area contributed by atoms with Gasteiger partial charge in [0.25, 0.3) is 0 Å². The van der Waals surface area contributed by atoms with Crippen LogP contribution in [0.3, 0.4) is 0 Å². The quantitative estimate of drug-likeness (QED) is 0.149. The average molecular weight is 719 g/mol. The average Bonchev–Trinajstić information content (AvgIpc) is 3.81. The minimum absolute atomic E-state index is 0.704. The van der Waals surface area contributed by atoms with Crippen LogP contribution in [-0.2, 0) is 0 Å². The summed E-state index contributed by atoms with van der Waals surface area (Å²) in [6.45, 7) is 8.27. The van der Waals surface area contributed by atoms with Crippen molar-refractivity contribution in [3.05, 3.63) is 180 Å². The summed E-state index contributed by atoms with van der Waals surface area (Å²) in [5.74, 6) is 5.20. The molecule has 6 aromatic carbocycles. The summed E-state index contributed by atoms with van der Waals surface area (Å²) >= 11 is 0. The number of aromatic nitrogens is 4. The molecule has 9 rings (SSSR count). The Balaban J connectivity index is 1.10. The summed E-state index contributed by atoms with van der Waals surface area (Å²) in [6, 6.07) is 46.7. The summed E-state index contributed by atoms with van der Waals surface area (Å²) in [5, 5.41) is 7.17. The predicted molar refractivity (Wildman–Crippen MR) is 220 cm³/mol. The van der Waals surface area contributed by atoms with Gasteiger partial charge in [0.15, 0.2) is 0 Å². The van der Waals surface area contributed by atoms with Gasteiger partial charge in [0.05, 0.1) is 28.5 Å². The van der Waals surface area contributed by atoms with E-state index in [4.69, 9.17) is 24.3 Å². The fourth-order valence-corrected chi connectivity index (χ4v) is 7.24. The monoisotopic (exact) mass is 718 g/mol. The number of pyridine rings is 1. The molecule has 9 aromatic rings. The first kappa shape index (κ1) is 33.7. The van der Waals surface area contributed by atoms with Crippen LogP contribution in [-0.4, -0.2) is 19.3 Å². The first-order valence-corrected chi connectivity index (χ1v) is 18.3. The van der Waals surface area contributed by atoms with E-state index in [0.717, 1.165) is 83.9 Å². The molecule has 0 bridgehead atoms. The molecule has 0 fully saturated rings. The van der Waals surface area contributed by atoms with Gasteiger partial charge in [0.2, 0.25) is 0 Å². The molecule has 0 amide bonds. The third kappa shape index (κ3) is 6.57. The molecule has 0 saturated heterocycles. The summed E-state index contributed by atoms with van der Waals surface area (Å²) in [4.78, 5) is 4.74. The Morgan fingerprint density at radius 3 is 1.89 bits per heavy atom. The lowest BCUT2D eigenvalue weighted by molar-refractivity contribution is 0.459. The van der Waals surface area contributed by atoms with Crippen molar-refractivity contribution in [2.45, 2.75) is 27.7 Å². The summed E-state index contributed by atoms with van der Waals surface area (Å²) < 4.78 is 23.9. The van der Waals surface area contributed by atoms with Gasteiger partial charge in [-0.15, -0.1) is 0 Å². The van der Waals surface area contributed by atoms with Crippen LogP contribution in [0.2, 0.25) is 0 Å². The molecular weight excluding hydrogens is 681 g/mol. The largest absolute Gasteiger partial charge is 0.457 e. The zero-order valence-electron chi connectivity index (χ0n) is 31.0. The van der Waals surface area contributed by atoms with Crippen molar-refractivity contribution in [3.8, 4) is 57.1 Å². The van der Waals surface area contributed by atoms with E-state index < -0.39 is 0 Å². The molecule has 0 aliphatic carbocycles. The van der Waals surface area contributed by atoms with Crippen LogP contribution in [0.25, 0.3) is 44.4 Å². The lowest BCUT2D eigenvalue weighted by Gasteiger charge is -2.20. The molecule has 0 aliphatic rings. The van der Waals surface area contributed by atoms with Crippen molar-refractivity contribution in [2.24, 2.45) is 0 Å². The van der Waals surface area contributed by atoms with Gasteiger partial charge in [-0.1, -0.05) is 54.6 Å². The number of hydrogen-bond acceptors (Lipinski definition) is 5. The number of ether oxygens (including phenoxy) is 3. The highest BCUT2D eigenvalue weighted by Crippen LogP contribution is 2.46. The second-order valence-electron chi connectivity index (χ2n) is 13.9. The Labute approximate surface area is 319 Å². The minimum Gasteiger partial charge on any atom is -0.457 e. The van der Waals surface area contributed by atoms with Crippen LogP contribution >= 0.6 is 0 Å². The topological polar surface area (TPSA) is 63.3 Å². The van der Waals surface area contributed by atoms with Gasteiger partial charge in [0, 0.05) is 40.9 Å². The van der Waals surface area contributed by atoms with Gasteiger partial charge >= 0.3 is 0 Å². The highest BCUT2D eigenvalue weighted by molar-refractivity contribution is 6.09. The van der Waals surface area contributed by atoms with Crippen molar-refractivity contribution in [2.75, 3.05) is 0 Å². The molecular formula is C48H38N4O3. The SMILES string of the molecule is Cc1cc(Oc2ccc3c4ccccc4n(-c4cc(C)ccn4)c3c2)cc(-n2cc(-c3c(Oc4ccccc4)c(C)cc(C)c3Oc3ccccc3)cn2)c1. The van der Waals surface area contributed by atoms with E-state index in [-0.39, 0.29) is 0 Å². The Morgan fingerprint density at radius 2 is 1.18 bits per heavy atom. The van der Waals surface area contributed by atoms with Gasteiger partial charge in [-0.25, -0.2) is 9.67 Å². The highest BCUT2D eigenvalue weighted by Gasteiger charge is 2.22. The van der Waals surface area contributed by atoms with E-state index in [2.05, 4.69) is 86.9 Å². The molecule has 7 heteroatoms. The third-order valence-electron chi connectivity index (χ3n) is 9.71. The molecule has 0 aliphatic heterocycles. The summed E-state index contributed by atoms with van der Waals surface area (Å²) in [7, 11) is 0. The number of nitrogens with zero attached hydrogens (tertiary/aromatic N) is 4. The lowest BCUT2D eigenvalue weighted by Crippen LogP contribution is -1.98. The van der Waals surface area contributed by atoms with Crippen LogP contribution in [0.15, 0.2) is 158 Å². The number of rotatable bonds is 9. The fraction of sp³-hybridized carbons (Fsp3) is 0.0833. The van der Waals surface area contributed by atoms with E-state index >= 15 is 0 Å². The number of para-hydroxylation sites is 3. The van der Waals surface area contributed by atoms with Gasteiger partial charge in [0.1, 0.15) is 40.3 Å². The molecule has 55 heavy (non-hydrogen) atoms. The van der Waals surface area contributed by atoms with Gasteiger partial charge in [-0.3, -0.25) is 4.57 Å². The van der Waals surface area contributed by atoms with Crippen molar-refractivity contribution in [3.63, 3.8) is 0 Å². The summed E-state index contributed by atoms with van der Waals surface area (Å²) in [5.41, 5.74) is 8.83. The molecule has 3 aromatic heterocycles. The van der Waals surface area contributed by atoms with Crippen LogP contribution in [0.4, 0.5) is 0 Å². The first-order chi connectivity index (χ1) is 26.9. The van der Waals surface area contributed by atoms with Crippen LogP contribution in [0, 0.1) is 27.7 Å². The number of benzene rings is 6. The molecule has 0 saturated carbocycles. The van der Waals surface area contributed by atoms with E-state index in [1.54, 1.807) is 0 Å². The second-order valence-corrected chi connectivity index (χ2v) is 13.9. The first-order valence-electron chi connectivity index (χ1n) is 18.3. The minimum atomic E-state index is 0.704. The predicted octanol–water partition coefficient (Wildman–Crippen LogP) is 12.6. The van der Waals surface area contributed by atoms with E-state index in [1.165, 1.54) is 0 Å². The van der Waals surface area contributed by atoms with Crippen molar-refractivity contribution >= 4 is 21.8 Å². The number of hydrogen-bond donors (Lipinski definition) is 0. The van der Waals surface area contributed by atoms with Gasteiger partial charge in [-0.05, 0) is 123 Å². The molecule has 0 unspecified atom stereocenters. The summed E-state index contributed by atoms with van der Waals surface area (Å²) in [6.07, 6.45) is 5.73. The Kier molecular flexibility index (Phi) is 8.59.